The molecule has 5 nitrogen and oxygen atoms in total. The lowest BCUT2D eigenvalue weighted by molar-refractivity contribution is -0.133. The molecule has 1 fully saturated rings. The van der Waals surface area contributed by atoms with Crippen molar-refractivity contribution in [1.29, 1.82) is 0 Å². The Morgan fingerprint density at radius 1 is 1.60 bits per heavy atom. The van der Waals surface area contributed by atoms with Gasteiger partial charge in [-0.15, -0.1) is 10.2 Å². The average molecular weight is 227 g/mol. The lowest BCUT2D eigenvalue weighted by atomic mass is 9.85. The van der Waals surface area contributed by atoms with Gasteiger partial charge in [0.2, 0.25) is 0 Å². The lowest BCUT2D eigenvalue weighted by Gasteiger charge is -2.23. The number of hydrogen-bond donors (Lipinski definition) is 1. The van der Waals surface area contributed by atoms with Gasteiger partial charge in [-0.25, -0.2) is 0 Å². The van der Waals surface area contributed by atoms with Crippen LogP contribution in [0.15, 0.2) is 5.16 Å². The molecule has 0 saturated heterocycles. The zero-order valence-corrected chi connectivity index (χ0v) is 9.33. The second-order valence-corrected chi connectivity index (χ2v) is 4.65. The first-order valence-corrected chi connectivity index (χ1v) is 5.91. The topological polar surface area (TPSA) is 68.0 Å². The van der Waals surface area contributed by atoms with Crippen LogP contribution >= 0.6 is 11.8 Å². The first-order valence-electron chi connectivity index (χ1n) is 4.92. The molecule has 1 saturated carbocycles. The molecule has 0 unspecified atom stereocenters. The Morgan fingerprint density at radius 3 is 2.87 bits per heavy atom. The van der Waals surface area contributed by atoms with Gasteiger partial charge in [-0.3, -0.25) is 4.79 Å². The maximum atomic E-state index is 10.4. The molecule has 1 aromatic heterocycles. The summed E-state index contributed by atoms with van der Waals surface area (Å²) in [5, 5.41) is 17.4. The number of nitrogens with zero attached hydrogens (tertiary/aromatic N) is 3. The highest BCUT2D eigenvalue weighted by Crippen LogP contribution is 2.35. The van der Waals surface area contributed by atoms with Crippen molar-refractivity contribution in [3.63, 3.8) is 0 Å². The number of carboxylic acid groups (broad SMARTS) is 1. The van der Waals surface area contributed by atoms with Crippen LogP contribution in [0.1, 0.15) is 31.0 Å². The summed E-state index contributed by atoms with van der Waals surface area (Å²) in [6.07, 6.45) is 3.61. The van der Waals surface area contributed by atoms with Gasteiger partial charge in [0.1, 0.15) is 5.82 Å². The first-order chi connectivity index (χ1) is 7.18. The monoisotopic (exact) mass is 227 g/mol. The molecule has 15 heavy (non-hydrogen) atoms. The molecule has 0 amide bonds. The van der Waals surface area contributed by atoms with Crippen molar-refractivity contribution in [2.75, 3.05) is 5.75 Å². The summed E-state index contributed by atoms with van der Waals surface area (Å²) in [6.45, 7) is 0. The van der Waals surface area contributed by atoms with Crippen LogP contribution in [0.4, 0.5) is 0 Å². The van der Waals surface area contributed by atoms with Crippen molar-refractivity contribution in [3.05, 3.63) is 5.82 Å². The largest absolute Gasteiger partial charge is 0.481 e. The van der Waals surface area contributed by atoms with Crippen LogP contribution in [0.3, 0.4) is 0 Å². The van der Waals surface area contributed by atoms with Crippen molar-refractivity contribution in [1.82, 2.24) is 14.8 Å². The summed E-state index contributed by atoms with van der Waals surface area (Å²) in [5.74, 6) is 0.736. The summed E-state index contributed by atoms with van der Waals surface area (Å²) in [6, 6.07) is 0. The Morgan fingerprint density at radius 2 is 2.33 bits per heavy atom. The Hall–Kier alpha value is -1.04. The van der Waals surface area contributed by atoms with Gasteiger partial charge in [0.05, 0.1) is 5.75 Å². The Balaban J connectivity index is 2.05. The molecule has 1 aliphatic carbocycles. The molecule has 1 heterocycles. The predicted octanol–water partition coefficient (Wildman–Crippen LogP) is 1.26. The van der Waals surface area contributed by atoms with Gasteiger partial charge in [0, 0.05) is 13.0 Å². The normalized spacial score (nSPS) is 16.3. The standard InChI is InChI=1S/C9H13N3O2S/c1-12-8(6-3-2-4-6)10-11-9(12)15-5-7(13)14/h6H,2-5H2,1H3,(H,13,14). The summed E-state index contributed by atoms with van der Waals surface area (Å²) >= 11 is 1.22. The van der Waals surface area contributed by atoms with Gasteiger partial charge >= 0.3 is 5.97 Å². The van der Waals surface area contributed by atoms with E-state index in [1.165, 1.54) is 31.0 Å². The van der Waals surface area contributed by atoms with Crippen LogP contribution in [-0.4, -0.2) is 31.6 Å². The maximum Gasteiger partial charge on any atom is 0.313 e. The van der Waals surface area contributed by atoms with E-state index in [0.717, 1.165) is 5.82 Å². The molecular weight excluding hydrogens is 214 g/mol. The van der Waals surface area contributed by atoms with Crippen molar-refractivity contribution >= 4 is 17.7 Å². The van der Waals surface area contributed by atoms with E-state index in [1.54, 1.807) is 0 Å². The molecule has 0 radical (unpaired) electrons. The summed E-state index contributed by atoms with van der Waals surface area (Å²) in [7, 11) is 1.90. The third kappa shape index (κ3) is 2.14. The molecule has 0 bridgehead atoms. The number of hydrogen-bond acceptors (Lipinski definition) is 4. The Kier molecular flexibility index (Phi) is 2.95. The van der Waals surface area contributed by atoms with Crippen LogP contribution < -0.4 is 0 Å². The van der Waals surface area contributed by atoms with Gasteiger partial charge in [-0.1, -0.05) is 18.2 Å². The van der Waals surface area contributed by atoms with Crippen LogP contribution in [-0.2, 0) is 11.8 Å². The van der Waals surface area contributed by atoms with Crippen LogP contribution in [0.2, 0.25) is 0 Å². The highest BCUT2D eigenvalue weighted by molar-refractivity contribution is 7.99. The summed E-state index contributed by atoms with van der Waals surface area (Å²) < 4.78 is 1.91. The lowest BCUT2D eigenvalue weighted by Crippen LogP contribution is -2.14. The van der Waals surface area contributed by atoms with E-state index in [0.29, 0.717) is 11.1 Å². The van der Waals surface area contributed by atoms with E-state index in [1.807, 2.05) is 11.6 Å². The van der Waals surface area contributed by atoms with Crippen LogP contribution in [0, 0.1) is 0 Å². The zero-order chi connectivity index (χ0) is 10.8. The minimum atomic E-state index is -0.826. The quantitative estimate of drug-likeness (QED) is 0.784. The fraction of sp³-hybridized carbons (Fsp3) is 0.667. The van der Waals surface area contributed by atoms with Gasteiger partial charge in [0.25, 0.3) is 0 Å². The van der Waals surface area contributed by atoms with Gasteiger partial charge < -0.3 is 9.67 Å². The molecular formula is C9H13N3O2S. The average Bonchev–Trinajstić information content (AvgIpc) is 2.43. The minimum absolute atomic E-state index is 0.0383. The van der Waals surface area contributed by atoms with Crippen molar-refractivity contribution < 1.29 is 9.90 Å². The van der Waals surface area contributed by atoms with Gasteiger partial charge in [-0.2, -0.15) is 0 Å². The zero-order valence-electron chi connectivity index (χ0n) is 8.51. The Bertz CT molecular complexity index is 373. The third-order valence-corrected chi connectivity index (χ3v) is 3.67. The molecule has 82 valence electrons. The highest BCUT2D eigenvalue weighted by atomic mass is 32.2. The van der Waals surface area contributed by atoms with E-state index in [2.05, 4.69) is 10.2 Å². The number of aliphatic carboxylic acids is 1. The van der Waals surface area contributed by atoms with E-state index < -0.39 is 5.97 Å². The van der Waals surface area contributed by atoms with E-state index in [-0.39, 0.29) is 5.75 Å². The number of rotatable bonds is 4. The van der Waals surface area contributed by atoms with Crippen molar-refractivity contribution in [2.45, 2.75) is 30.3 Å². The van der Waals surface area contributed by atoms with Crippen molar-refractivity contribution in [3.8, 4) is 0 Å². The molecule has 1 N–H and O–H groups in total. The number of carbonyl (C=O) groups is 1. The molecule has 0 spiro atoms. The smallest absolute Gasteiger partial charge is 0.313 e. The summed E-state index contributed by atoms with van der Waals surface area (Å²) in [4.78, 5) is 10.4. The van der Waals surface area contributed by atoms with E-state index >= 15 is 0 Å². The first kappa shape index (κ1) is 10.5. The fourth-order valence-electron chi connectivity index (χ4n) is 1.60. The highest BCUT2D eigenvalue weighted by Gasteiger charge is 2.25. The molecule has 1 aliphatic rings. The predicted molar refractivity (Wildman–Crippen MR) is 56.0 cm³/mol. The van der Waals surface area contributed by atoms with Crippen LogP contribution in [0.5, 0.6) is 0 Å². The molecule has 2 rings (SSSR count). The fourth-order valence-corrected chi connectivity index (χ4v) is 2.24. The summed E-state index contributed by atoms with van der Waals surface area (Å²) in [5.41, 5.74) is 0. The number of thioether (sulfide) groups is 1. The van der Waals surface area contributed by atoms with E-state index in [4.69, 9.17) is 5.11 Å². The van der Waals surface area contributed by atoms with Gasteiger partial charge in [0.15, 0.2) is 5.16 Å². The minimum Gasteiger partial charge on any atom is -0.481 e. The van der Waals surface area contributed by atoms with E-state index in [9.17, 15) is 4.79 Å². The van der Waals surface area contributed by atoms with Gasteiger partial charge in [-0.05, 0) is 12.8 Å². The van der Waals surface area contributed by atoms with Crippen LogP contribution in [0.25, 0.3) is 0 Å². The number of carboxylic acids is 1. The van der Waals surface area contributed by atoms with Crippen molar-refractivity contribution in [2.24, 2.45) is 7.05 Å². The Labute approximate surface area is 91.9 Å². The number of aromatic nitrogens is 3. The second-order valence-electron chi connectivity index (χ2n) is 3.71. The SMILES string of the molecule is Cn1c(SCC(=O)O)nnc1C1CCC1. The molecule has 6 heteroatoms. The second kappa shape index (κ2) is 4.22. The molecule has 0 aromatic carbocycles. The third-order valence-electron chi connectivity index (χ3n) is 2.66. The maximum absolute atomic E-state index is 10.4. The molecule has 0 aliphatic heterocycles. The molecule has 1 aromatic rings. The molecule has 0 atom stereocenters.